The van der Waals surface area contributed by atoms with Gasteiger partial charge in [0.25, 0.3) is 0 Å². The fraction of sp³-hybridized carbons (Fsp3) is 0.632. The molecule has 0 saturated carbocycles. The fourth-order valence-corrected chi connectivity index (χ4v) is 2.96. The molecule has 2 amide bonds. The Morgan fingerprint density at radius 1 is 1.25 bits per heavy atom. The van der Waals surface area contributed by atoms with E-state index in [1.165, 1.54) is 0 Å². The summed E-state index contributed by atoms with van der Waals surface area (Å²) >= 11 is 0. The second-order valence-electron chi connectivity index (χ2n) is 6.84. The maximum absolute atomic E-state index is 12.5. The van der Waals surface area contributed by atoms with Crippen molar-refractivity contribution in [1.82, 2.24) is 9.80 Å². The number of nitrogens with zero attached hydrogens (tertiary/aromatic N) is 3. The van der Waals surface area contributed by atoms with E-state index in [2.05, 4.69) is 26.8 Å². The van der Waals surface area contributed by atoms with Crippen molar-refractivity contribution in [3.8, 4) is 0 Å². The summed E-state index contributed by atoms with van der Waals surface area (Å²) < 4.78 is 40.7. The Kier molecular flexibility index (Phi) is 8.37. The highest BCUT2D eigenvalue weighted by molar-refractivity contribution is 5.90. The van der Waals surface area contributed by atoms with Crippen LogP contribution in [0.25, 0.3) is 0 Å². The summed E-state index contributed by atoms with van der Waals surface area (Å²) in [5.74, 6) is 0. The van der Waals surface area contributed by atoms with Crippen LogP contribution >= 0.6 is 0 Å². The predicted octanol–water partition coefficient (Wildman–Crippen LogP) is 3.26. The third-order valence-corrected chi connectivity index (χ3v) is 4.70. The first-order valence-corrected chi connectivity index (χ1v) is 9.52. The van der Waals surface area contributed by atoms with E-state index in [0.717, 1.165) is 17.9 Å². The lowest BCUT2D eigenvalue weighted by molar-refractivity contribution is -0.174. The van der Waals surface area contributed by atoms with Gasteiger partial charge in [-0.25, -0.2) is 4.79 Å². The molecule has 1 heterocycles. The molecule has 1 saturated heterocycles. The molecule has 9 heteroatoms. The van der Waals surface area contributed by atoms with Crippen LogP contribution in [-0.4, -0.2) is 81.5 Å². The van der Waals surface area contributed by atoms with E-state index in [1.54, 1.807) is 4.90 Å². The van der Waals surface area contributed by atoms with Gasteiger partial charge in [0, 0.05) is 64.3 Å². The van der Waals surface area contributed by atoms with Crippen molar-refractivity contribution in [3.05, 3.63) is 24.3 Å². The summed E-state index contributed by atoms with van der Waals surface area (Å²) in [5.41, 5.74) is 1.80. The molecule has 1 fully saturated rings. The minimum atomic E-state index is -4.27. The highest BCUT2D eigenvalue weighted by Crippen LogP contribution is 2.19. The normalized spacial score (nSPS) is 15.5. The van der Waals surface area contributed by atoms with E-state index in [-0.39, 0.29) is 12.6 Å². The van der Waals surface area contributed by atoms with Gasteiger partial charge in [0.15, 0.2) is 0 Å². The molecule has 1 aliphatic heterocycles. The summed E-state index contributed by atoms with van der Waals surface area (Å²) in [6.45, 7) is 5.07. The largest absolute Gasteiger partial charge is 0.411 e. The molecule has 0 radical (unpaired) electrons. The number of urea groups is 1. The van der Waals surface area contributed by atoms with Crippen LogP contribution in [0.4, 0.5) is 29.3 Å². The maximum atomic E-state index is 12.5. The molecule has 6 nitrogen and oxygen atoms in total. The Morgan fingerprint density at radius 3 is 2.61 bits per heavy atom. The van der Waals surface area contributed by atoms with Crippen molar-refractivity contribution < 1.29 is 22.7 Å². The highest BCUT2D eigenvalue weighted by Gasteiger charge is 2.27. The van der Waals surface area contributed by atoms with Crippen LogP contribution < -0.4 is 10.2 Å². The van der Waals surface area contributed by atoms with Crippen molar-refractivity contribution in [1.29, 1.82) is 0 Å². The standard InChI is InChI=1S/C19H29F3N4O2/c1-3-24(2)17-7-4-6-16(14-17)23-18(27)26-11-9-25(10-12-26)8-5-13-28-15-19(20,21)22/h4,6-7,14H,3,5,8-13,15H2,1-2H3,(H,23,27). The second-order valence-corrected chi connectivity index (χ2v) is 6.84. The maximum Gasteiger partial charge on any atom is 0.411 e. The third-order valence-electron chi connectivity index (χ3n) is 4.70. The zero-order valence-electron chi connectivity index (χ0n) is 16.5. The van der Waals surface area contributed by atoms with E-state index >= 15 is 0 Å². The SMILES string of the molecule is CCN(C)c1cccc(NC(=O)N2CCN(CCCOCC(F)(F)F)CC2)c1. The van der Waals surface area contributed by atoms with Gasteiger partial charge in [-0.15, -0.1) is 0 Å². The zero-order chi connectivity index (χ0) is 20.6. The van der Waals surface area contributed by atoms with E-state index < -0.39 is 12.8 Å². The number of hydrogen-bond acceptors (Lipinski definition) is 4. The Bertz CT molecular complexity index is 619. The van der Waals surface area contributed by atoms with Gasteiger partial charge >= 0.3 is 12.2 Å². The number of halogens is 3. The first kappa shape index (κ1) is 22.3. The summed E-state index contributed by atoms with van der Waals surface area (Å²) in [7, 11) is 1.99. The number of hydrogen-bond donors (Lipinski definition) is 1. The van der Waals surface area contributed by atoms with E-state index in [4.69, 9.17) is 0 Å². The van der Waals surface area contributed by atoms with Crippen LogP contribution in [0.5, 0.6) is 0 Å². The molecular formula is C19H29F3N4O2. The molecule has 1 N–H and O–H groups in total. The summed E-state index contributed by atoms with van der Waals surface area (Å²) in [4.78, 5) is 18.5. The number of amides is 2. The van der Waals surface area contributed by atoms with E-state index in [1.807, 2.05) is 31.3 Å². The summed E-state index contributed by atoms with van der Waals surface area (Å²) in [5, 5.41) is 2.94. The minimum absolute atomic E-state index is 0.0861. The average Bonchev–Trinajstić information content (AvgIpc) is 2.67. The number of piperazine rings is 1. The lowest BCUT2D eigenvalue weighted by atomic mass is 10.2. The van der Waals surface area contributed by atoms with Crippen molar-refractivity contribution in [3.63, 3.8) is 0 Å². The van der Waals surface area contributed by atoms with Gasteiger partial charge < -0.3 is 19.9 Å². The fourth-order valence-electron chi connectivity index (χ4n) is 2.96. The number of benzene rings is 1. The van der Waals surface area contributed by atoms with E-state index in [0.29, 0.717) is 39.1 Å². The lowest BCUT2D eigenvalue weighted by Gasteiger charge is -2.34. The van der Waals surface area contributed by atoms with E-state index in [9.17, 15) is 18.0 Å². The average molecular weight is 402 g/mol. The molecule has 0 bridgehead atoms. The number of rotatable bonds is 8. The molecule has 0 atom stereocenters. The van der Waals surface area contributed by atoms with Gasteiger partial charge in [0.05, 0.1) is 0 Å². The molecule has 0 unspecified atom stereocenters. The lowest BCUT2D eigenvalue weighted by Crippen LogP contribution is -2.50. The Labute approximate surface area is 164 Å². The number of nitrogens with one attached hydrogen (secondary N) is 1. The Morgan fingerprint density at radius 2 is 1.96 bits per heavy atom. The molecule has 2 rings (SSSR count). The van der Waals surface area contributed by atoms with Crippen LogP contribution in [0.3, 0.4) is 0 Å². The molecule has 1 aromatic carbocycles. The molecule has 0 aromatic heterocycles. The first-order valence-electron chi connectivity index (χ1n) is 9.52. The van der Waals surface area contributed by atoms with Gasteiger partial charge in [0.1, 0.15) is 6.61 Å². The summed E-state index contributed by atoms with van der Waals surface area (Å²) in [6.07, 6.45) is -3.73. The smallest absolute Gasteiger partial charge is 0.375 e. The number of alkyl halides is 3. The second kappa shape index (κ2) is 10.5. The molecule has 158 valence electrons. The van der Waals surface area contributed by atoms with Gasteiger partial charge in [-0.05, 0) is 31.5 Å². The number of ether oxygens (including phenoxy) is 1. The quantitative estimate of drug-likeness (QED) is 0.678. The van der Waals surface area contributed by atoms with Crippen LogP contribution in [0.15, 0.2) is 24.3 Å². The number of carbonyl (C=O) groups is 1. The molecular weight excluding hydrogens is 373 g/mol. The monoisotopic (exact) mass is 402 g/mol. The molecule has 28 heavy (non-hydrogen) atoms. The van der Waals surface area contributed by atoms with Crippen molar-refractivity contribution in [2.45, 2.75) is 19.5 Å². The number of anilines is 2. The van der Waals surface area contributed by atoms with Gasteiger partial charge in [-0.2, -0.15) is 13.2 Å². The third kappa shape index (κ3) is 7.55. The van der Waals surface area contributed by atoms with Gasteiger partial charge in [-0.1, -0.05) is 6.07 Å². The van der Waals surface area contributed by atoms with Gasteiger partial charge in [0.2, 0.25) is 0 Å². The van der Waals surface area contributed by atoms with Gasteiger partial charge in [-0.3, -0.25) is 4.90 Å². The molecule has 0 spiro atoms. The highest BCUT2D eigenvalue weighted by atomic mass is 19.4. The minimum Gasteiger partial charge on any atom is -0.375 e. The number of carbonyl (C=O) groups excluding carboxylic acids is 1. The molecule has 1 aliphatic rings. The first-order chi connectivity index (χ1) is 13.3. The zero-order valence-corrected chi connectivity index (χ0v) is 16.5. The van der Waals surface area contributed by atoms with Crippen LogP contribution in [0.2, 0.25) is 0 Å². The topological polar surface area (TPSA) is 48.1 Å². The van der Waals surface area contributed by atoms with Crippen LogP contribution in [-0.2, 0) is 4.74 Å². The van der Waals surface area contributed by atoms with Crippen molar-refractivity contribution in [2.24, 2.45) is 0 Å². The van der Waals surface area contributed by atoms with Crippen LogP contribution in [0.1, 0.15) is 13.3 Å². The Balaban J connectivity index is 1.69. The van der Waals surface area contributed by atoms with Crippen molar-refractivity contribution in [2.75, 3.05) is 69.7 Å². The van der Waals surface area contributed by atoms with Crippen LogP contribution in [0, 0.1) is 0 Å². The van der Waals surface area contributed by atoms with Crippen molar-refractivity contribution >= 4 is 17.4 Å². The Hall–Kier alpha value is -2.00. The summed E-state index contributed by atoms with van der Waals surface area (Å²) in [6, 6.07) is 7.58. The molecule has 0 aliphatic carbocycles. The predicted molar refractivity (Wildman–Crippen MR) is 104 cm³/mol. The molecule has 1 aromatic rings.